The summed E-state index contributed by atoms with van der Waals surface area (Å²) in [5.74, 6) is -0.376. The molecule has 0 unspecified atom stereocenters. The topological polar surface area (TPSA) is 95.5 Å². The van der Waals surface area contributed by atoms with Gasteiger partial charge in [0, 0.05) is 19.6 Å². The first-order valence-corrected chi connectivity index (χ1v) is 5.96. The van der Waals surface area contributed by atoms with Gasteiger partial charge in [-0.2, -0.15) is 0 Å². The van der Waals surface area contributed by atoms with Crippen LogP contribution >= 0.6 is 0 Å². The molecule has 6 nitrogen and oxygen atoms in total. The van der Waals surface area contributed by atoms with Crippen LogP contribution in [0.1, 0.15) is 12.8 Å². The van der Waals surface area contributed by atoms with Crippen molar-refractivity contribution in [1.82, 2.24) is 10.0 Å². The lowest BCUT2D eigenvalue weighted by Crippen LogP contribution is -2.32. The lowest BCUT2D eigenvalue weighted by atomic mass is 10.3. The van der Waals surface area contributed by atoms with E-state index >= 15 is 0 Å². The summed E-state index contributed by atoms with van der Waals surface area (Å²) in [6, 6.07) is 0. The first-order chi connectivity index (χ1) is 6.52. The third kappa shape index (κ3) is 6.81. The molecule has 0 bridgehead atoms. The second-order valence-corrected chi connectivity index (χ2v) is 4.75. The minimum atomic E-state index is -3.25. The van der Waals surface area contributed by atoms with Crippen LogP contribution < -0.4 is 10.0 Å². The average molecular weight is 224 g/mol. The predicted molar refractivity (Wildman–Crippen MR) is 52.2 cm³/mol. The Hall–Kier alpha value is -0.660. The number of carbonyl (C=O) groups is 1. The monoisotopic (exact) mass is 224 g/mol. The van der Waals surface area contributed by atoms with E-state index < -0.39 is 10.0 Å². The SMILES string of the molecule is CNS(=O)(=O)CCNC(=O)CCCO. The molecular formula is C7H16N2O4S. The number of hydrogen-bond acceptors (Lipinski definition) is 4. The Morgan fingerprint density at radius 3 is 2.57 bits per heavy atom. The minimum absolute atomic E-state index is 0.0395. The minimum Gasteiger partial charge on any atom is -0.396 e. The van der Waals surface area contributed by atoms with Gasteiger partial charge in [-0.05, 0) is 13.5 Å². The number of rotatable bonds is 7. The van der Waals surface area contributed by atoms with Crippen molar-refractivity contribution in [3.63, 3.8) is 0 Å². The normalized spacial score (nSPS) is 11.3. The first kappa shape index (κ1) is 13.3. The van der Waals surface area contributed by atoms with Gasteiger partial charge in [0.05, 0.1) is 5.75 Å². The Labute approximate surface area is 83.7 Å². The van der Waals surface area contributed by atoms with Crippen LogP contribution in [0.15, 0.2) is 0 Å². The van der Waals surface area contributed by atoms with Crippen LogP contribution in [0.5, 0.6) is 0 Å². The molecule has 0 aromatic heterocycles. The zero-order chi connectivity index (χ0) is 11.0. The van der Waals surface area contributed by atoms with E-state index in [1.165, 1.54) is 7.05 Å². The standard InChI is InChI=1S/C7H16N2O4S/c1-8-14(12,13)6-4-9-7(11)3-2-5-10/h8,10H,2-6H2,1H3,(H,9,11). The molecule has 0 aromatic carbocycles. The van der Waals surface area contributed by atoms with Crippen LogP contribution in [0, 0.1) is 0 Å². The van der Waals surface area contributed by atoms with E-state index in [0.717, 1.165) is 0 Å². The Morgan fingerprint density at radius 1 is 1.43 bits per heavy atom. The summed E-state index contributed by atoms with van der Waals surface area (Å²) in [7, 11) is -1.93. The van der Waals surface area contributed by atoms with E-state index in [4.69, 9.17) is 5.11 Å². The number of sulfonamides is 1. The van der Waals surface area contributed by atoms with Crippen molar-refractivity contribution in [3.8, 4) is 0 Å². The van der Waals surface area contributed by atoms with Crippen LogP contribution in [-0.2, 0) is 14.8 Å². The molecule has 0 saturated heterocycles. The summed E-state index contributed by atoms with van der Waals surface area (Å²) < 4.78 is 23.9. The molecule has 0 heterocycles. The lowest BCUT2D eigenvalue weighted by molar-refractivity contribution is -0.121. The molecule has 7 heteroatoms. The second-order valence-electron chi connectivity index (χ2n) is 2.70. The largest absolute Gasteiger partial charge is 0.396 e. The van der Waals surface area contributed by atoms with Gasteiger partial charge in [0.2, 0.25) is 15.9 Å². The van der Waals surface area contributed by atoms with Crippen molar-refractivity contribution in [2.24, 2.45) is 0 Å². The van der Waals surface area contributed by atoms with Gasteiger partial charge >= 0.3 is 0 Å². The van der Waals surface area contributed by atoms with Crippen LogP contribution in [-0.4, -0.2) is 45.4 Å². The predicted octanol–water partition coefficient (Wildman–Crippen LogP) is -1.58. The number of nitrogens with one attached hydrogen (secondary N) is 2. The highest BCUT2D eigenvalue weighted by Crippen LogP contribution is 1.86. The van der Waals surface area contributed by atoms with Crippen molar-refractivity contribution in [3.05, 3.63) is 0 Å². The van der Waals surface area contributed by atoms with E-state index in [-0.39, 0.29) is 31.2 Å². The Kier molecular flexibility index (Phi) is 6.43. The van der Waals surface area contributed by atoms with E-state index in [0.29, 0.717) is 6.42 Å². The Morgan fingerprint density at radius 2 is 2.07 bits per heavy atom. The zero-order valence-electron chi connectivity index (χ0n) is 8.12. The van der Waals surface area contributed by atoms with Gasteiger partial charge in [-0.1, -0.05) is 0 Å². The molecule has 0 radical (unpaired) electrons. The van der Waals surface area contributed by atoms with Crippen molar-refractivity contribution in [2.75, 3.05) is 26.0 Å². The van der Waals surface area contributed by atoms with Crippen LogP contribution in [0.4, 0.5) is 0 Å². The maximum atomic E-state index is 10.9. The molecule has 1 amide bonds. The molecule has 0 aliphatic carbocycles. The molecular weight excluding hydrogens is 208 g/mol. The zero-order valence-corrected chi connectivity index (χ0v) is 8.93. The van der Waals surface area contributed by atoms with E-state index in [1.807, 2.05) is 0 Å². The van der Waals surface area contributed by atoms with Gasteiger partial charge in [-0.15, -0.1) is 0 Å². The third-order valence-electron chi connectivity index (χ3n) is 1.57. The summed E-state index contributed by atoms with van der Waals surface area (Å²) >= 11 is 0. The summed E-state index contributed by atoms with van der Waals surface area (Å²) in [6.45, 7) is 0.0513. The van der Waals surface area contributed by atoms with Crippen LogP contribution in [0.2, 0.25) is 0 Å². The van der Waals surface area contributed by atoms with Crippen molar-refractivity contribution in [2.45, 2.75) is 12.8 Å². The molecule has 0 rings (SSSR count). The summed E-state index contributed by atoms with van der Waals surface area (Å²) in [4.78, 5) is 10.9. The molecule has 3 N–H and O–H groups in total. The van der Waals surface area contributed by atoms with Gasteiger partial charge in [0.1, 0.15) is 0 Å². The summed E-state index contributed by atoms with van der Waals surface area (Å²) in [5.41, 5.74) is 0. The van der Waals surface area contributed by atoms with Crippen molar-refractivity contribution < 1.29 is 18.3 Å². The first-order valence-electron chi connectivity index (χ1n) is 4.30. The van der Waals surface area contributed by atoms with Crippen LogP contribution in [0.25, 0.3) is 0 Å². The Balaban J connectivity index is 3.59. The molecule has 0 aromatic rings. The van der Waals surface area contributed by atoms with Gasteiger partial charge < -0.3 is 10.4 Å². The molecule has 84 valence electrons. The lowest BCUT2D eigenvalue weighted by Gasteiger charge is -2.04. The third-order valence-corrected chi connectivity index (χ3v) is 2.93. The van der Waals surface area contributed by atoms with E-state index in [1.54, 1.807) is 0 Å². The van der Waals surface area contributed by atoms with Gasteiger partial charge in [0.15, 0.2) is 0 Å². The van der Waals surface area contributed by atoms with E-state index in [9.17, 15) is 13.2 Å². The summed E-state index contributed by atoms with van der Waals surface area (Å²) in [6.07, 6.45) is 0.612. The number of carbonyl (C=O) groups excluding carboxylic acids is 1. The second kappa shape index (κ2) is 6.74. The highest BCUT2D eigenvalue weighted by molar-refractivity contribution is 7.89. The quantitative estimate of drug-likeness (QED) is 0.486. The fourth-order valence-corrected chi connectivity index (χ4v) is 1.33. The van der Waals surface area contributed by atoms with Crippen molar-refractivity contribution in [1.29, 1.82) is 0 Å². The molecule has 14 heavy (non-hydrogen) atoms. The number of aliphatic hydroxyl groups is 1. The molecule has 0 saturated carbocycles. The summed E-state index contributed by atoms with van der Waals surface area (Å²) in [5, 5.41) is 10.9. The number of amides is 1. The molecule has 0 fully saturated rings. The molecule has 0 aliphatic rings. The van der Waals surface area contributed by atoms with Crippen molar-refractivity contribution >= 4 is 15.9 Å². The van der Waals surface area contributed by atoms with Gasteiger partial charge in [0.25, 0.3) is 0 Å². The highest BCUT2D eigenvalue weighted by Gasteiger charge is 2.07. The van der Waals surface area contributed by atoms with E-state index in [2.05, 4.69) is 10.0 Å². The maximum Gasteiger partial charge on any atom is 0.220 e. The maximum absolute atomic E-state index is 10.9. The molecule has 0 atom stereocenters. The number of aliphatic hydroxyl groups excluding tert-OH is 1. The van der Waals surface area contributed by atoms with Gasteiger partial charge in [-0.25, -0.2) is 13.1 Å². The fourth-order valence-electron chi connectivity index (χ4n) is 0.755. The fraction of sp³-hybridized carbons (Fsp3) is 0.857. The van der Waals surface area contributed by atoms with Crippen LogP contribution in [0.3, 0.4) is 0 Å². The molecule has 0 aliphatic heterocycles. The number of hydrogen-bond donors (Lipinski definition) is 3. The average Bonchev–Trinajstić information content (AvgIpc) is 2.14. The Bertz CT molecular complexity index is 263. The van der Waals surface area contributed by atoms with Gasteiger partial charge in [-0.3, -0.25) is 4.79 Å². The molecule has 0 spiro atoms. The smallest absolute Gasteiger partial charge is 0.220 e. The highest BCUT2D eigenvalue weighted by atomic mass is 32.2.